The van der Waals surface area contributed by atoms with Gasteiger partial charge in [-0.3, -0.25) is 9.56 Å². The van der Waals surface area contributed by atoms with Crippen LogP contribution in [0.5, 0.6) is 5.88 Å². The highest BCUT2D eigenvalue weighted by Crippen LogP contribution is 2.23. The zero-order valence-electron chi connectivity index (χ0n) is 15.7. The molecule has 1 aromatic heterocycles. The zero-order valence-corrected chi connectivity index (χ0v) is 15.7. The van der Waals surface area contributed by atoms with Gasteiger partial charge in [0.1, 0.15) is 5.69 Å². The van der Waals surface area contributed by atoms with Crippen LogP contribution in [0.3, 0.4) is 0 Å². The van der Waals surface area contributed by atoms with Crippen LogP contribution >= 0.6 is 0 Å². The second-order valence-electron chi connectivity index (χ2n) is 7.04. The van der Waals surface area contributed by atoms with E-state index < -0.39 is 0 Å². The van der Waals surface area contributed by atoms with E-state index in [1.807, 2.05) is 30.4 Å². The molecule has 0 saturated carbocycles. The largest absolute Gasteiger partial charge is 0.493 e. The minimum atomic E-state index is 0.133. The van der Waals surface area contributed by atoms with Gasteiger partial charge in [-0.1, -0.05) is 19.9 Å². The molecular formula is C20H26N4O2. The zero-order chi connectivity index (χ0) is 18.7. The van der Waals surface area contributed by atoms with Crippen molar-refractivity contribution in [2.24, 2.45) is 18.0 Å². The van der Waals surface area contributed by atoms with Crippen LogP contribution in [0.2, 0.25) is 0 Å². The average Bonchev–Trinajstić information content (AvgIpc) is 3.15. The van der Waals surface area contributed by atoms with Crippen LogP contribution < -0.4 is 15.9 Å². The van der Waals surface area contributed by atoms with Gasteiger partial charge in [-0.05, 0) is 41.8 Å². The van der Waals surface area contributed by atoms with Crippen molar-refractivity contribution < 1.29 is 9.84 Å². The summed E-state index contributed by atoms with van der Waals surface area (Å²) in [4.78, 5) is 8.85. The van der Waals surface area contributed by atoms with Crippen LogP contribution in [0.1, 0.15) is 31.5 Å². The van der Waals surface area contributed by atoms with E-state index in [4.69, 9.17) is 4.74 Å². The van der Waals surface area contributed by atoms with E-state index in [2.05, 4.69) is 29.1 Å². The van der Waals surface area contributed by atoms with E-state index in [0.29, 0.717) is 24.2 Å². The summed E-state index contributed by atoms with van der Waals surface area (Å²) in [5.41, 5.74) is 1.61. The van der Waals surface area contributed by atoms with Gasteiger partial charge in [0.05, 0.1) is 18.0 Å². The molecule has 26 heavy (non-hydrogen) atoms. The van der Waals surface area contributed by atoms with Crippen molar-refractivity contribution in [1.29, 1.82) is 0 Å². The van der Waals surface area contributed by atoms with E-state index in [1.165, 1.54) is 0 Å². The van der Waals surface area contributed by atoms with Crippen molar-refractivity contribution in [2.45, 2.75) is 26.3 Å². The highest BCUT2D eigenvalue weighted by molar-refractivity contribution is 5.58. The number of benzene rings is 1. The number of ether oxygens (including phenoxy) is 1. The second-order valence-corrected chi connectivity index (χ2v) is 7.04. The molecule has 1 atom stereocenters. The third kappa shape index (κ3) is 3.96. The fourth-order valence-electron chi connectivity index (χ4n) is 3.13. The maximum absolute atomic E-state index is 10.5. The molecule has 0 saturated heterocycles. The molecule has 1 aromatic carbocycles. The lowest BCUT2D eigenvalue weighted by molar-refractivity contribution is 0.177. The fourth-order valence-corrected chi connectivity index (χ4v) is 3.13. The number of hydrogen-bond acceptors (Lipinski definition) is 5. The molecule has 0 amide bonds. The first-order valence-electron chi connectivity index (χ1n) is 8.85. The molecule has 2 N–H and O–H groups in total. The summed E-state index contributed by atoms with van der Waals surface area (Å²) in [6.45, 7) is 4.94. The summed E-state index contributed by atoms with van der Waals surface area (Å²) >= 11 is 0. The van der Waals surface area contributed by atoms with Gasteiger partial charge in [-0.15, -0.1) is 0 Å². The van der Waals surface area contributed by atoms with Crippen molar-refractivity contribution in [3.63, 3.8) is 0 Å². The van der Waals surface area contributed by atoms with E-state index in [0.717, 1.165) is 22.6 Å². The van der Waals surface area contributed by atoms with Crippen LogP contribution in [0.25, 0.3) is 12.2 Å². The normalized spacial score (nSPS) is 14.6. The van der Waals surface area contributed by atoms with Gasteiger partial charge in [-0.2, -0.15) is 0 Å². The highest BCUT2D eigenvalue weighted by atomic mass is 16.5. The molecular weight excluding hydrogens is 328 g/mol. The summed E-state index contributed by atoms with van der Waals surface area (Å²) in [7, 11) is 3.49. The third-order valence-electron chi connectivity index (χ3n) is 4.37. The van der Waals surface area contributed by atoms with Gasteiger partial charge in [0.15, 0.2) is 0 Å². The minimum Gasteiger partial charge on any atom is -0.493 e. The fraction of sp³-hybridized carbons (Fsp3) is 0.400. The first kappa shape index (κ1) is 18.2. The Morgan fingerprint density at radius 2 is 2.15 bits per heavy atom. The van der Waals surface area contributed by atoms with Crippen LogP contribution in [-0.4, -0.2) is 34.4 Å². The molecule has 0 radical (unpaired) electrons. The lowest BCUT2D eigenvalue weighted by Crippen LogP contribution is -2.28. The van der Waals surface area contributed by atoms with E-state index in [-0.39, 0.29) is 11.9 Å². The van der Waals surface area contributed by atoms with Crippen LogP contribution in [0.4, 0.5) is 5.95 Å². The Labute approximate surface area is 153 Å². The van der Waals surface area contributed by atoms with Crippen LogP contribution in [0, 0.1) is 5.92 Å². The van der Waals surface area contributed by atoms with Gasteiger partial charge < -0.3 is 15.2 Å². The molecule has 0 bridgehead atoms. The summed E-state index contributed by atoms with van der Waals surface area (Å²) in [5, 5.41) is 15.8. The number of nitrogens with zero attached hydrogens (tertiary/aromatic N) is 3. The Morgan fingerprint density at radius 1 is 1.35 bits per heavy atom. The van der Waals surface area contributed by atoms with Crippen molar-refractivity contribution in [1.82, 2.24) is 9.55 Å². The SMILES string of the molecule is COC[C@@H](CC(C)C)Nc1nc(/C=c2\ccc3c(c2)C=CN=3)c(O)n1C. The second kappa shape index (κ2) is 7.74. The van der Waals surface area contributed by atoms with Gasteiger partial charge >= 0.3 is 0 Å². The summed E-state index contributed by atoms with van der Waals surface area (Å²) in [6, 6.07) is 6.12. The number of aromatic nitrogens is 2. The topological polar surface area (TPSA) is 71.7 Å². The lowest BCUT2D eigenvalue weighted by atomic mass is 10.0. The van der Waals surface area contributed by atoms with Crippen molar-refractivity contribution in [3.8, 4) is 5.88 Å². The first-order chi connectivity index (χ1) is 12.5. The molecule has 2 heterocycles. The summed E-state index contributed by atoms with van der Waals surface area (Å²) in [6.07, 6.45) is 6.60. The first-order valence-corrected chi connectivity index (χ1v) is 8.85. The molecule has 1 aliphatic rings. The molecule has 2 aromatic rings. The predicted molar refractivity (Wildman–Crippen MR) is 103 cm³/mol. The maximum Gasteiger partial charge on any atom is 0.220 e. The maximum atomic E-state index is 10.5. The lowest BCUT2D eigenvalue weighted by Gasteiger charge is -2.20. The summed E-state index contributed by atoms with van der Waals surface area (Å²) < 4.78 is 6.97. The van der Waals surface area contributed by atoms with Crippen molar-refractivity contribution >= 4 is 18.1 Å². The number of nitrogens with one attached hydrogen (secondary N) is 1. The molecule has 1 aliphatic heterocycles. The average molecular weight is 354 g/mol. The molecule has 138 valence electrons. The third-order valence-corrected chi connectivity index (χ3v) is 4.37. The molecule has 0 spiro atoms. The smallest absolute Gasteiger partial charge is 0.220 e. The Kier molecular flexibility index (Phi) is 5.42. The molecule has 6 nitrogen and oxygen atoms in total. The summed E-state index contributed by atoms with van der Waals surface area (Å²) in [5.74, 6) is 1.30. The Morgan fingerprint density at radius 3 is 2.88 bits per heavy atom. The van der Waals surface area contributed by atoms with Gasteiger partial charge in [0, 0.05) is 25.9 Å². The van der Waals surface area contributed by atoms with Crippen molar-refractivity contribution in [3.05, 3.63) is 46.2 Å². The molecule has 0 unspecified atom stereocenters. The van der Waals surface area contributed by atoms with Crippen LogP contribution in [0.15, 0.2) is 29.4 Å². The number of fused-ring (bicyclic) bond motifs is 1. The Balaban J connectivity index is 1.88. The minimum absolute atomic E-state index is 0.133. The number of hydrogen-bond donors (Lipinski definition) is 2. The monoisotopic (exact) mass is 354 g/mol. The van der Waals surface area contributed by atoms with Gasteiger partial charge in [0.25, 0.3) is 0 Å². The predicted octanol–water partition coefficient (Wildman–Crippen LogP) is 2.03. The number of aromatic hydroxyl groups is 1. The van der Waals surface area contributed by atoms with E-state index in [1.54, 1.807) is 24.9 Å². The molecule has 6 heteroatoms. The Bertz CT molecular complexity index is 928. The number of anilines is 1. The van der Waals surface area contributed by atoms with Gasteiger partial charge in [-0.25, -0.2) is 4.98 Å². The number of rotatable bonds is 7. The number of methoxy groups -OCH3 is 1. The Hall–Kier alpha value is -2.60. The highest BCUT2D eigenvalue weighted by Gasteiger charge is 2.17. The van der Waals surface area contributed by atoms with E-state index in [9.17, 15) is 5.11 Å². The van der Waals surface area contributed by atoms with E-state index >= 15 is 0 Å². The standard InChI is InChI=1S/C20H26N4O2/c1-13(2)9-16(12-26-4)22-20-23-18(19(25)24(20)3)11-14-5-6-17-15(10-14)7-8-21-17/h5-8,10-11,13,16,25H,9,12H2,1-4H3,(H,22,23)/b14-11+/t16-/m1/s1. The van der Waals surface area contributed by atoms with Crippen LogP contribution in [-0.2, 0) is 11.8 Å². The molecule has 3 rings (SSSR count). The van der Waals surface area contributed by atoms with Gasteiger partial charge in [0.2, 0.25) is 11.8 Å². The molecule has 0 aliphatic carbocycles. The molecule has 0 fully saturated rings. The van der Waals surface area contributed by atoms with Crippen molar-refractivity contribution in [2.75, 3.05) is 19.0 Å². The number of imidazole rings is 1. The quantitative estimate of drug-likeness (QED) is 0.798.